The smallest absolute Gasteiger partial charge is 0.205 e. The quantitative estimate of drug-likeness (QED) is 0.781. The maximum atomic E-state index is 4.56. The summed E-state index contributed by atoms with van der Waals surface area (Å²) in [6, 6.07) is 0.709. The van der Waals surface area contributed by atoms with Crippen LogP contribution in [-0.2, 0) is 6.42 Å². The monoisotopic (exact) mass is 289 g/mol. The van der Waals surface area contributed by atoms with Crippen molar-refractivity contribution in [2.75, 3.05) is 16.8 Å². The van der Waals surface area contributed by atoms with Gasteiger partial charge in [-0.1, -0.05) is 22.9 Å². The van der Waals surface area contributed by atoms with E-state index in [0.29, 0.717) is 6.04 Å². The van der Waals surface area contributed by atoms with Crippen LogP contribution in [-0.4, -0.2) is 27.3 Å². The largest absolute Gasteiger partial charge is 0.343 e. The van der Waals surface area contributed by atoms with Crippen LogP contribution < -0.4 is 4.90 Å². The summed E-state index contributed by atoms with van der Waals surface area (Å²) >= 11 is 5.05. The molecule has 3 nitrogen and oxygen atoms in total. The van der Waals surface area contributed by atoms with E-state index >= 15 is 0 Å². The molecule has 1 aromatic heterocycles. The summed E-state index contributed by atoms with van der Waals surface area (Å²) in [5.41, 5.74) is 0. The van der Waals surface area contributed by atoms with E-state index in [2.05, 4.69) is 37.1 Å². The molecule has 1 aliphatic carbocycles. The molecule has 5 heteroatoms. The van der Waals surface area contributed by atoms with Crippen molar-refractivity contribution in [2.45, 2.75) is 38.6 Å². The first-order valence-corrected chi connectivity index (χ1v) is 7.39. The Labute approximate surface area is 103 Å². The van der Waals surface area contributed by atoms with Crippen LogP contribution in [0.25, 0.3) is 0 Å². The van der Waals surface area contributed by atoms with E-state index in [0.717, 1.165) is 29.3 Å². The summed E-state index contributed by atoms with van der Waals surface area (Å²) in [7, 11) is 0. The molecule has 1 heterocycles. The average Bonchev–Trinajstić information content (AvgIpc) is 2.62. The van der Waals surface area contributed by atoms with Crippen LogP contribution in [0, 0.1) is 0 Å². The van der Waals surface area contributed by atoms with Crippen LogP contribution >= 0.6 is 27.5 Å². The number of halogens is 1. The van der Waals surface area contributed by atoms with Crippen molar-refractivity contribution in [3.63, 3.8) is 0 Å². The van der Waals surface area contributed by atoms with Crippen molar-refractivity contribution in [1.29, 1.82) is 0 Å². The third kappa shape index (κ3) is 2.50. The first-order valence-electron chi connectivity index (χ1n) is 5.50. The highest BCUT2D eigenvalue weighted by molar-refractivity contribution is 9.09. The predicted octanol–water partition coefficient (Wildman–Crippen LogP) is 2.85. The summed E-state index contributed by atoms with van der Waals surface area (Å²) in [4.78, 5) is 6.97. The van der Waals surface area contributed by atoms with Gasteiger partial charge >= 0.3 is 0 Å². The van der Waals surface area contributed by atoms with Gasteiger partial charge in [0.15, 0.2) is 0 Å². The van der Waals surface area contributed by atoms with E-state index in [1.54, 1.807) is 11.5 Å². The van der Waals surface area contributed by atoms with Crippen LogP contribution in [0.4, 0.5) is 5.13 Å². The summed E-state index contributed by atoms with van der Waals surface area (Å²) in [5, 5.41) is 2.11. The molecular formula is C10H16BrN3S. The summed E-state index contributed by atoms with van der Waals surface area (Å²) < 4.78 is 4.35. The van der Waals surface area contributed by atoms with Crippen LogP contribution in [0.5, 0.6) is 0 Å². The number of hydrogen-bond donors (Lipinski definition) is 0. The lowest BCUT2D eigenvalue weighted by Crippen LogP contribution is -2.41. The van der Waals surface area contributed by atoms with E-state index in [1.165, 1.54) is 19.3 Å². The number of hydrogen-bond acceptors (Lipinski definition) is 4. The minimum atomic E-state index is 0.709. The summed E-state index contributed by atoms with van der Waals surface area (Å²) in [6.07, 6.45) is 4.92. The zero-order valence-electron chi connectivity index (χ0n) is 8.95. The zero-order chi connectivity index (χ0) is 10.7. The second-order valence-corrected chi connectivity index (χ2v) is 5.34. The molecular weight excluding hydrogens is 274 g/mol. The third-order valence-corrected chi connectivity index (χ3v) is 4.01. The average molecular weight is 290 g/mol. The number of anilines is 1. The Morgan fingerprint density at radius 3 is 2.80 bits per heavy atom. The molecule has 2 rings (SSSR count). The third-order valence-electron chi connectivity index (χ3n) is 2.86. The van der Waals surface area contributed by atoms with Crippen LogP contribution in [0.1, 0.15) is 32.0 Å². The number of aryl methyl sites for hydroxylation is 1. The van der Waals surface area contributed by atoms with Gasteiger partial charge in [-0.05, 0) is 19.3 Å². The van der Waals surface area contributed by atoms with Gasteiger partial charge in [0.25, 0.3) is 0 Å². The van der Waals surface area contributed by atoms with Crippen molar-refractivity contribution in [3.8, 4) is 0 Å². The molecule has 0 bridgehead atoms. The van der Waals surface area contributed by atoms with Gasteiger partial charge in [-0.2, -0.15) is 4.37 Å². The lowest BCUT2D eigenvalue weighted by atomic mass is 9.92. The van der Waals surface area contributed by atoms with Crippen molar-refractivity contribution < 1.29 is 0 Å². The van der Waals surface area contributed by atoms with Gasteiger partial charge in [0.1, 0.15) is 5.82 Å². The molecule has 0 N–H and O–H groups in total. The summed E-state index contributed by atoms with van der Waals surface area (Å²) in [5.74, 6) is 0.980. The first-order chi connectivity index (χ1) is 7.35. The lowest BCUT2D eigenvalue weighted by molar-refractivity contribution is 0.390. The molecule has 0 unspecified atom stereocenters. The molecule has 0 aliphatic heterocycles. The molecule has 1 aromatic rings. The molecule has 0 spiro atoms. The fourth-order valence-electron chi connectivity index (χ4n) is 1.73. The van der Waals surface area contributed by atoms with Crippen molar-refractivity contribution in [1.82, 2.24) is 9.36 Å². The molecule has 1 aliphatic rings. The SMILES string of the molecule is CCc1nsc(N(CCBr)C2CCC2)n1. The minimum absolute atomic E-state index is 0.709. The lowest BCUT2D eigenvalue weighted by Gasteiger charge is -2.36. The van der Waals surface area contributed by atoms with Crippen LogP contribution in [0.2, 0.25) is 0 Å². The highest BCUT2D eigenvalue weighted by atomic mass is 79.9. The maximum Gasteiger partial charge on any atom is 0.205 e. The molecule has 84 valence electrons. The van der Waals surface area contributed by atoms with Crippen LogP contribution in [0.3, 0.4) is 0 Å². The van der Waals surface area contributed by atoms with Gasteiger partial charge in [-0.3, -0.25) is 0 Å². The highest BCUT2D eigenvalue weighted by Gasteiger charge is 2.26. The van der Waals surface area contributed by atoms with Gasteiger partial charge in [0.05, 0.1) is 0 Å². The number of aromatic nitrogens is 2. The van der Waals surface area contributed by atoms with Gasteiger partial charge in [0.2, 0.25) is 5.13 Å². The maximum absolute atomic E-state index is 4.56. The van der Waals surface area contributed by atoms with Crippen molar-refractivity contribution in [3.05, 3.63) is 5.82 Å². The zero-order valence-corrected chi connectivity index (χ0v) is 11.4. The molecule has 0 atom stereocenters. The second kappa shape index (κ2) is 5.25. The van der Waals surface area contributed by atoms with Crippen molar-refractivity contribution in [2.24, 2.45) is 0 Å². The van der Waals surface area contributed by atoms with E-state index in [1.807, 2.05) is 0 Å². The molecule has 0 saturated heterocycles. The normalized spacial score (nSPS) is 16.4. The number of nitrogens with zero attached hydrogens (tertiary/aromatic N) is 3. The number of rotatable bonds is 5. The van der Waals surface area contributed by atoms with Crippen LogP contribution in [0.15, 0.2) is 0 Å². The Balaban J connectivity index is 2.08. The van der Waals surface area contributed by atoms with Gasteiger partial charge in [-0.15, -0.1) is 0 Å². The molecule has 0 radical (unpaired) electrons. The van der Waals surface area contributed by atoms with E-state index < -0.39 is 0 Å². The first kappa shape index (κ1) is 11.3. The molecule has 0 amide bonds. The van der Waals surface area contributed by atoms with Gasteiger partial charge in [-0.25, -0.2) is 4.98 Å². The van der Waals surface area contributed by atoms with E-state index in [-0.39, 0.29) is 0 Å². The van der Waals surface area contributed by atoms with Gasteiger partial charge in [0, 0.05) is 35.9 Å². The Morgan fingerprint density at radius 1 is 1.53 bits per heavy atom. The molecule has 0 aromatic carbocycles. The Kier molecular flexibility index (Phi) is 3.97. The summed E-state index contributed by atoms with van der Waals surface area (Å²) in [6.45, 7) is 3.15. The molecule has 15 heavy (non-hydrogen) atoms. The van der Waals surface area contributed by atoms with E-state index in [9.17, 15) is 0 Å². The predicted molar refractivity (Wildman–Crippen MR) is 68.1 cm³/mol. The highest BCUT2D eigenvalue weighted by Crippen LogP contribution is 2.30. The minimum Gasteiger partial charge on any atom is -0.343 e. The Bertz CT molecular complexity index is 311. The van der Waals surface area contributed by atoms with E-state index in [4.69, 9.17) is 0 Å². The van der Waals surface area contributed by atoms with Crippen molar-refractivity contribution >= 4 is 32.6 Å². The topological polar surface area (TPSA) is 29.0 Å². The molecule has 1 fully saturated rings. The fourth-order valence-corrected chi connectivity index (χ4v) is 2.96. The Morgan fingerprint density at radius 2 is 2.33 bits per heavy atom. The standard InChI is InChI=1S/C10H16BrN3S/c1-2-9-12-10(15-13-9)14(7-6-11)8-4-3-5-8/h8H,2-7H2,1H3. The second-order valence-electron chi connectivity index (χ2n) is 3.81. The van der Waals surface area contributed by atoms with Gasteiger partial charge < -0.3 is 4.90 Å². The molecule has 1 saturated carbocycles. The fraction of sp³-hybridized carbons (Fsp3) is 0.800. The Hall–Kier alpha value is -0.160. The number of alkyl halides is 1.